The summed E-state index contributed by atoms with van der Waals surface area (Å²) in [5.41, 5.74) is 3.38. The highest BCUT2D eigenvalue weighted by Gasteiger charge is 2.31. The van der Waals surface area contributed by atoms with Crippen LogP contribution in [0.4, 0.5) is 0 Å². The quantitative estimate of drug-likeness (QED) is 0.772. The number of methoxy groups -OCH3 is 1. The number of aromatic amines is 1. The van der Waals surface area contributed by atoms with Gasteiger partial charge in [0.15, 0.2) is 0 Å². The second-order valence-electron chi connectivity index (χ2n) is 4.89. The monoisotopic (exact) mass is 398 g/mol. The molecular weight excluding hydrogens is 383 g/mol. The van der Waals surface area contributed by atoms with Gasteiger partial charge in [-0.05, 0) is 35.1 Å². The van der Waals surface area contributed by atoms with Crippen molar-refractivity contribution in [2.24, 2.45) is 0 Å². The molecule has 0 aromatic carbocycles. The van der Waals surface area contributed by atoms with Crippen molar-refractivity contribution in [2.45, 2.75) is 12.3 Å². The average molecular weight is 398 g/mol. The first kappa shape index (κ1) is 14.5. The molecule has 0 fully saturated rings. The lowest BCUT2D eigenvalue weighted by molar-refractivity contribution is 0.0933. The first-order valence-corrected chi connectivity index (χ1v) is 7.75. The van der Waals surface area contributed by atoms with Crippen molar-refractivity contribution in [3.8, 4) is 11.4 Å². The van der Waals surface area contributed by atoms with E-state index in [0.29, 0.717) is 13.2 Å². The summed E-state index contributed by atoms with van der Waals surface area (Å²) in [5, 5.41) is 2.95. The average Bonchev–Trinajstić information content (AvgIpc) is 2.86. The zero-order valence-corrected chi connectivity index (χ0v) is 13.7. The Bertz CT molecular complexity index is 656. The Morgan fingerprint density at radius 2 is 2.38 bits per heavy atom. The molecule has 7 heteroatoms. The second kappa shape index (κ2) is 6.10. The molecule has 2 aromatic heterocycles. The van der Waals surface area contributed by atoms with Gasteiger partial charge in [-0.1, -0.05) is 0 Å². The van der Waals surface area contributed by atoms with Gasteiger partial charge >= 0.3 is 0 Å². The fourth-order valence-corrected chi connectivity index (χ4v) is 3.50. The smallest absolute Gasteiger partial charge is 0.254 e. The molecule has 3 heterocycles. The largest absolute Gasteiger partial charge is 0.385 e. The Morgan fingerprint density at radius 3 is 3.10 bits per heavy atom. The van der Waals surface area contributed by atoms with Crippen LogP contribution >= 0.6 is 22.6 Å². The van der Waals surface area contributed by atoms with Crippen molar-refractivity contribution < 1.29 is 9.53 Å². The van der Waals surface area contributed by atoms with Crippen LogP contribution in [0.1, 0.15) is 28.4 Å². The number of rotatable bonds is 4. The zero-order valence-electron chi connectivity index (χ0n) is 11.5. The highest BCUT2D eigenvalue weighted by molar-refractivity contribution is 14.1. The van der Waals surface area contributed by atoms with Gasteiger partial charge < -0.3 is 15.0 Å². The summed E-state index contributed by atoms with van der Waals surface area (Å²) in [4.78, 5) is 23.8. The van der Waals surface area contributed by atoms with Crippen molar-refractivity contribution in [3.63, 3.8) is 0 Å². The molecule has 0 saturated carbocycles. The van der Waals surface area contributed by atoms with Crippen LogP contribution in [0.3, 0.4) is 0 Å². The number of aromatic nitrogens is 3. The van der Waals surface area contributed by atoms with Crippen molar-refractivity contribution in [3.05, 3.63) is 33.4 Å². The highest BCUT2D eigenvalue weighted by atomic mass is 127. The number of halogens is 1. The number of hydrogen-bond acceptors (Lipinski definition) is 4. The number of ether oxygens (including phenoxy) is 1. The van der Waals surface area contributed by atoms with E-state index in [1.807, 2.05) is 6.07 Å². The van der Waals surface area contributed by atoms with Crippen LogP contribution in [0, 0.1) is 3.57 Å². The SMILES string of the molecule is COCCC1CNC(=O)c2c1[nH]c(-c1ccncn1)c2I. The van der Waals surface area contributed by atoms with Crippen LogP contribution in [0.5, 0.6) is 0 Å². The molecule has 1 aliphatic heterocycles. The van der Waals surface area contributed by atoms with E-state index in [-0.39, 0.29) is 11.8 Å². The van der Waals surface area contributed by atoms with E-state index in [1.165, 1.54) is 6.33 Å². The minimum atomic E-state index is -0.0281. The van der Waals surface area contributed by atoms with Gasteiger partial charge in [0, 0.05) is 38.1 Å². The molecule has 0 radical (unpaired) electrons. The molecule has 0 bridgehead atoms. The summed E-state index contributed by atoms with van der Waals surface area (Å²) in [7, 11) is 1.69. The molecule has 0 saturated heterocycles. The van der Waals surface area contributed by atoms with E-state index in [4.69, 9.17) is 4.74 Å². The molecule has 1 amide bonds. The third-order valence-corrected chi connectivity index (χ3v) is 4.70. The summed E-state index contributed by atoms with van der Waals surface area (Å²) >= 11 is 2.20. The van der Waals surface area contributed by atoms with Gasteiger partial charge in [0.2, 0.25) is 0 Å². The van der Waals surface area contributed by atoms with Gasteiger partial charge in [0.05, 0.1) is 20.5 Å². The fourth-order valence-electron chi connectivity index (χ4n) is 2.55. The Kier molecular flexibility index (Phi) is 4.20. The molecule has 6 nitrogen and oxygen atoms in total. The highest BCUT2D eigenvalue weighted by Crippen LogP contribution is 2.35. The van der Waals surface area contributed by atoms with Crippen LogP contribution in [0.15, 0.2) is 18.6 Å². The lowest BCUT2D eigenvalue weighted by Gasteiger charge is -2.22. The summed E-state index contributed by atoms with van der Waals surface area (Å²) in [6, 6.07) is 1.83. The Morgan fingerprint density at radius 1 is 1.52 bits per heavy atom. The van der Waals surface area contributed by atoms with E-state index >= 15 is 0 Å². The lowest BCUT2D eigenvalue weighted by atomic mass is 9.95. The number of fused-ring (bicyclic) bond motifs is 1. The number of amides is 1. The van der Waals surface area contributed by atoms with E-state index in [0.717, 1.165) is 32.6 Å². The minimum absolute atomic E-state index is 0.0281. The van der Waals surface area contributed by atoms with Crippen LogP contribution in [-0.2, 0) is 4.74 Å². The first-order chi connectivity index (χ1) is 10.2. The molecule has 3 rings (SSSR count). The van der Waals surface area contributed by atoms with E-state index in [9.17, 15) is 4.79 Å². The van der Waals surface area contributed by atoms with E-state index in [2.05, 4.69) is 42.9 Å². The maximum atomic E-state index is 12.2. The van der Waals surface area contributed by atoms with E-state index < -0.39 is 0 Å². The number of H-pyrrole nitrogens is 1. The minimum Gasteiger partial charge on any atom is -0.385 e. The summed E-state index contributed by atoms with van der Waals surface area (Å²) in [6.07, 6.45) is 4.07. The van der Waals surface area contributed by atoms with Crippen LogP contribution in [0.25, 0.3) is 11.4 Å². The van der Waals surface area contributed by atoms with Crippen LogP contribution in [0.2, 0.25) is 0 Å². The third-order valence-electron chi connectivity index (χ3n) is 3.62. The molecule has 110 valence electrons. The van der Waals surface area contributed by atoms with Gasteiger partial charge in [-0.15, -0.1) is 0 Å². The predicted molar refractivity (Wildman–Crippen MR) is 86.1 cm³/mol. The molecule has 21 heavy (non-hydrogen) atoms. The first-order valence-electron chi connectivity index (χ1n) is 6.67. The summed E-state index contributed by atoms with van der Waals surface area (Å²) < 4.78 is 6.06. The number of carbonyl (C=O) groups excluding carboxylic acids is 1. The Labute approximate surface area is 135 Å². The third kappa shape index (κ3) is 2.67. The molecule has 1 aliphatic rings. The molecule has 2 aromatic rings. The van der Waals surface area contributed by atoms with Crippen molar-refractivity contribution >= 4 is 28.5 Å². The maximum absolute atomic E-state index is 12.2. The predicted octanol–water partition coefficient (Wildman–Crippen LogP) is 1.94. The molecular formula is C14H15IN4O2. The molecule has 0 spiro atoms. The van der Waals surface area contributed by atoms with Crippen LogP contribution < -0.4 is 5.32 Å². The molecule has 1 unspecified atom stereocenters. The molecule has 2 N–H and O–H groups in total. The van der Waals surface area contributed by atoms with E-state index in [1.54, 1.807) is 13.3 Å². The van der Waals surface area contributed by atoms with Gasteiger partial charge in [-0.25, -0.2) is 9.97 Å². The fraction of sp³-hybridized carbons (Fsp3) is 0.357. The standard InChI is InChI=1S/C14H15IN4O2/c1-21-5-3-8-6-17-14(20)10-11(15)13(19-12(8)10)9-2-4-16-7-18-9/h2,4,7-8,19H,3,5-6H2,1H3,(H,17,20). The van der Waals surface area contributed by atoms with Crippen molar-refractivity contribution in [2.75, 3.05) is 20.3 Å². The normalized spacial score (nSPS) is 17.4. The van der Waals surface area contributed by atoms with Gasteiger partial charge in [0.25, 0.3) is 5.91 Å². The van der Waals surface area contributed by atoms with Gasteiger partial charge in [0.1, 0.15) is 6.33 Å². The van der Waals surface area contributed by atoms with Gasteiger partial charge in [-0.2, -0.15) is 0 Å². The Hall–Kier alpha value is -1.48. The van der Waals surface area contributed by atoms with Crippen molar-refractivity contribution in [1.29, 1.82) is 0 Å². The number of nitrogens with one attached hydrogen (secondary N) is 2. The zero-order chi connectivity index (χ0) is 14.8. The summed E-state index contributed by atoms with van der Waals surface area (Å²) in [6.45, 7) is 1.30. The molecule has 0 aliphatic carbocycles. The Balaban J connectivity index is 2.05. The molecule has 1 atom stereocenters. The number of carbonyl (C=O) groups is 1. The number of nitrogens with zero attached hydrogens (tertiary/aromatic N) is 2. The number of hydrogen-bond donors (Lipinski definition) is 2. The van der Waals surface area contributed by atoms with Gasteiger partial charge in [-0.3, -0.25) is 4.79 Å². The van der Waals surface area contributed by atoms with Crippen molar-refractivity contribution in [1.82, 2.24) is 20.3 Å². The maximum Gasteiger partial charge on any atom is 0.254 e. The second-order valence-corrected chi connectivity index (χ2v) is 5.96. The summed E-state index contributed by atoms with van der Waals surface area (Å²) in [5.74, 6) is 0.210. The lowest BCUT2D eigenvalue weighted by Crippen LogP contribution is -2.35. The topological polar surface area (TPSA) is 79.9 Å². The van der Waals surface area contributed by atoms with Crippen LogP contribution in [-0.4, -0.2) is 41.1 Å².